The topological polar surface area (TPSA) is 65.5 Å². The third kappa shape index (κ3) is 5.42. The number of hydrogen-bond donors (Lipinski definition) is 0. The smallest absolute Gasteiger partial charge is 0.338 e. The van der Waals surface area contributed by atoms with Crippen molar-refractivity contribution in [2.24, 2.45) is 4.99 Å². The van der Waals surface area contributed by atoms with Crippen LogP contribution < -0.4 is 0 Å². The molecule has 198 valence electrons. The summed E-state index contributed by atoms with van der Waals surface area (Å²) < 4.78 is 5.83. The molecule has 1 amide bonds. The van der Waals surface area contributed by atoms with Gasteiger partial charge in [-0.15, -0.1) is 0 Å². The van der Waals surface area contributed by atoms with Crippen molar-refractivity contribution in [1.29, 1.82) is 0 Å². The molecule has 1 atom stereocenters. The largest absolute Gasteiger partial charge is 0.457 e. The number of thioether (sulfide) groups is 1. The molecule has 0 N–H and O–H groups in total. The highest BCUT2D eigenvalue weighted by Gasteiger charge is 2.42. The maximum atomic E-state index is 13.7. The van der Waals surface area contributed by atoms with Crippen molar-refractivity contribution in [3.63, 3.8) is 0 Å². The van der Waals surface area contributed by atoms with Gasteiger partial charge in [0, 0.05) is 31.9 Å². The Labute approximate surface area is 228 Å². The molecule has 0 aliphatic carbocycles. The van der Waals surface area contributed by atoms with Crippen LogP contribution in [0.1, 0.15) is 41.6 Å². The third-order valence-electron chi connectivity index (χ3n) is 7.35. The maximum absolute atomic E-state index is 13.7. The van der Waals surface area contributed by atoms with E-state index in [-0.39, 0.29) is 24.9 Å². The number of esters is 1. The number of piperazine rings is 1. The third-order valence-corrected chi connectivity index (χ3v) is 8.24. The number of carbonyl (C=O) groups is 2. The molecule has 0 bridgehead atoms. The molecule has 3 aliphatic rings. The summed E-state index contributed by atoms with van der Waals surface area (Å²) in [5.74, 6) is -0.285. The molecule has 0 aromatic heterocycles. The molecule has 5 rings (SSSR count). The first-order chi connectivity index (χ1) is 18.3. The van der Waals surface area contributed by atoms with Gasteiger partial charge in [-0.05, 0) is 49.9 Å². The lowest BCUT2D eigenvalue weighted by atomic mass is 9.90. The molecule has 38 heavy (non-hydrogen) atoms. The van der Waals surface area contributed by atoms with E-state index in [0.717, 1.165) is 59.3 Å². The Balaban J connectivity index is 1.47. The summed E-state index contributed by atoms with van der Waals surface area (Å²) in [6, 6.07) is 15.5. The number of ether oxygens (including phenoxy) is 1. The summed E-state index contributed by atoms with van der Waals surface area (Å²) in [5, 5.41) is 2.80. The van der Waals surface area contributed by atoms with E-state index in [0.29, 0.717) is 11.3 Å². The minimum absolute atomic E-state index is 0.102. The summed E-state index contributed by atoms with van der Waals surface area (Å²) in [4.78, 5) is 38.1. The summed E-state index contributed by atoms with van der Waals surface area (Å²) in [6.45, 7) is 9.38. The van der Waals surface area contributed by atoms with Gasteiger partial charge in [-0.2, -0.15) is 0 Å². The average Bonchev–Trinajstić information content (AvgIpc) is 3.30. The monoisotopic (exact) mass is 530 g/mol. The van der Waals surface area contributed by atoms with Crippen molar-refractivity contribution < 1.29 is 14.3 Å². The zero-order valence-electron chi connectivity index (χ0n) is 22.4. The number of rotatable bonds is 6. The lowest BCUT2D eigenvalue weighted by molar-refractivity contribution is -0.141. The molecule has 0 saturated carbocycles. The number of hydrogen-bond acceptors (Lipinski definition) is 7. The first-order valence-electron chi connectivity index (χ1n) is 13.0. The highest BCUT2D eigenvalue weighted by Crippen LogP contribution is 2.46. The van der Waals surface area contributed by atoms with Crippen molar-refractivity contribution in [3.8, 4) is 0 Å². The van der Waals surface area contributed by atoms with Crippen LogP contribution in [0.2, 0.25) is 0 Å². The second kappa shape index (κ2) is 11.2. The van der Waals surface area contributed by atoms with Crippen LogP contribution in [0.4, 0.5) is 0 Å². The quantitative estimate of drug-likeness (QED) is 0.501. The van der Waals surface area contributed by atoms with Gasteiger partial charge in [0.1, 0.15) is 6.61 Å². The van der Waals surface area contributed by atoms with Crippen molar-refractivity contribution in [2.45, 2.75) is 39.8 Å². The predicted molar refractivity (Wildman–Crippen MR) is 151 cm³/mol. The van der Waals surface area contributed by atoms with Gasteiger partial charge in [-0.1, -0.05) is 65.9 Å². The predicted octanol–water partition coefficient (Wildman–Crippen LogP) is 4.79. The second-order valence-corrected chi connectivity index (χ2v) is 11.0. The van der Waals surface area contributed by atoms with E-state index in [9.17, 15) is 9.59 Å². The molecule has 2 aromatic rings. The molecule has 0 unspecified atom stereocenters. The number of allylic oxidation sites excluding steroid dienone is 1. The fraction of sp³-hybridized carbons (Fsp3) is 0.367. The maximum Gasteiger partial charge on any atom is 0.338 e. The minimum Gasteiger partial charge on any atom is -0.457 e. The molecular weight excluding hydrogens is 496 g/mol. The van der Waals surface area contributed by atoms with Crippen LogP contribution in [-0.4, -0.2) is 65.0 Å². The lowest BCUT2D eigenvalue weighted by Gasteiger charge is -2.38. The van der Waals surface area contributed by atoms with Crippen LogP contribution in [0.3, 0.4) is 0 Å². The van der Waals surface area contributed by atoms with E-state index >= 15 is 0 Å². The number of carbonyl (C=O) groups excluding carboxylic acids is 2. The fourth-order valence-corrected chi connectivity index (χ4v) is 6.07. The Morgan fingerprint density at radius 2 is 1.76 bits per heavy atom. The first kappa shape index (κ1) is 26.3. The average molecular weight is 531 g/mol. The van der Waals surface area contributed by atoms with Crippen molar-refractivity contribution in [2.75, 3.05) is 33.2 Å². The van der Waals surface area contributed by atoms with E-state index in [2.05, 4.69) is 48.9 Å². The fourth-order valence-electron chi connectivity index (χ4n) is 5.10. The van der Waals surface area contributed by atoms with Gasteiger partial charge in [-0.25, -0.2) is 9.79 Å². The van der Waals surface area contributed by atoms with Gasteiger partial charge in [0.2, 0.25) is 5.91 Å². The Morgan fingerprint density at radius 1 is 1.03 bits per heavy atom. The summed E-state index contributed by atoms with van der Waals surface area (Å²) >= 11 is 1.51. The van der Waals surface area contributed by atoms with Gasteiger partial charge in [-0.3, -0.25) is 4.79 Å². The number of aryl methyl sites for hydroxylation is 2. The number of aliphatic imine (C=N–C) groups is 1. The van der Waals surface area contributed by atoms with Gasteiger partial charge in [0.25, 0.3) is 0 Å². The van der Waals surface area contributed by atoms with Crippen LogP contribution >= 0.6 is 11.8 Å². The van der Waals surface area contributed by atoms with Gasteiger partial charge in [0.15, 0.2) is 5.17 Å². The van der Waals surface area contributed by atoms with E-state index in [4.69, 9.17) is 9.73 Å². The molecule has 3 aliphatic heterocycles. The van der Waals surface area contributed by atoms with E-state index in [1.807, 2.05) is 47.6 Å². The van der Waals surface area contributed by atoms with Crippen LogP contribution in [0, 0.1) is 13.8 Å². The van der Waals surface area contributed by atoms with Gasteiger partial charge in [0.05, 0.1) is 23.7 Å². The molecule has 8 heteroatoms. The van der Waals surface area contributed by atoms with Crippen molar-refractivity contribution in [1.82, 2.24) is 14.7 Å². The molecule has 2 aromatic carbocycles. The van der Waals surface area contributed by atoms with Crippen LogP contribution in [0.15, 0.2) is 75.9 Å². The van der Waals surface area contributed by atoms with Gasteiger partial charge >= 0.3 is 5.97 Å². The van der Waals surface area contributed by atoms with Crippen LogP contribution in [0.25, 0.3) is 0 Å². The number of nitrogens with zero attached hydrogens (tertiary/aromatic N) is 4. The number of fused-ring (bicyclic) bond motifs is 1. The highest BCUT2D eigenvalue weighted by molar-refractivity contribution is 8.16. The van der Waals surface area contributed by atoms with Crippen molar-refractivity contribution in [3.05, 3.63) is 93.2 Å². The number of amides is 1. The summed E-state index contributed by atoms with van der Waals surface area (Å²) in [6.07, 6.45) is 0.266. The highest BCUT2D eigenvalue weighted by atomic mass is 32.2. The SMILES string of the molecule is CC1=C(C(=O)OCc2ccccc2)[C@H](c2cc(C)ccc2C)N2C(CC(=O)N3CCN(C)CC3)=CSC2=N1. The lowest BCUT2D eigenvalue weighted by Crippen LogP contribution is -2.47. The van der Waals surface area contributed by atoms with Crippen molar-refractivity contribution >= 4 is 28.8 Å². The number of benzene rings is 2. The normalized spacial score (nSPS) is 19.7. The molecule has 7 nitrogen and oxygen atoms in total. The first-order valence-corrected chi connectivity index (χ1v) is 13.9. The van der Waals surface area contributed by atoms with Gasteiger partial charge < -0.3 is 19.4 Å². The summed E-state index contributed by atoms with van der Waals surface area (Å²) in [5.41, 5.74) is 6.15. The molecule has 1 saturated heterocycles. The Morgan fingerprint density at radius 3 is 2.50 bits per heavy atom. The number of likely N-dealkylation sites (N-methyl/N-ethyl adjacent to an activating group) is 1. The molecule has 0 spiro atoms. The van der Waals surface area contributed by atoms with E-state index in [1.54, 1.807) is 0 Å². The Kier molecular flexibility index (Phi) is 7.72. The zero-order valence-corrected chi connectivity index (χ0v) is 23.3. The molecule has 1 fully saturated rings. The molecule has 3 heterocycles. The minimum atomic E-state index is -0.424. The second-order valence-electron chi connectivity index (χ2n) is 10.2. The van der Waals surface area contributed by atoms with E-state index < -0.39 is 6.04 Å². The van der Waals surface area contributed by atoms with Crippen LogP contribution in [-0.2, 0) is 20.9 Å². The standard InChI is InChI=1S/C30H34N4O3S/c1-20-10-11-21(2)25(16-20)28-27(29(36)37-18-23-8-6-5-7-9-23)22(3)31-30-34(28)24(19-38-30)17-26(35)33-14-12-32(4)13-15-33/h5-11,16,19,28H,12-15,17-18H2,1-4H3/t28-/m0/s1. The molecular formula is C30H34N4O3S. The number of amidine groups is 1. The Hall–Kier alpha value is -3.36. The van der Waals surface area contributed by atoms with E-state index in [1.165, 1.54) is 11.8 Å². The zero-order chi connectivity index (χ0) is 26.8. The summed E-state index contributed by atoms with van der Waals surface area (Å²) in [7, 11) is 2.08. The Bertz CT molecular complexity index is 1330. The van der Waals surface area contributed by atoms with Crippen LogP contribution in [0.5, 0.6) is 0 Å². The molecule has 0 radical (unpaired) electrons.